The van der Waals surface area contributed by atoms with Gasteiger partial charge in [-0.05, 0) is 29.3 Å². The number of hydrogen-bond acceptors (Lipinski definition) is 5. The van der Waals surface area contributed by atoms with Crippen LogP contribution in [0.1, 0.15) is 22.9 Å². The van der Waals surface area contributed by atoms with Crippen molar-refractivity contribution < 1.29 is 0 Å². The van der Waals surface area contributed by atoms with E-state index < -0.39 is 5.92 Å². The Morgan fingerprint density at radius 2 is 1.69 bits per heavy atom. The summed E-state index contributed by atoms with van der Waals surface area (Å²) in [7, 11) is 0. The average molecular weight is 474 g/mol. The van der Waals surface area contributed by atoms with Crippen molar-refractivity contribution in [1.82, 2.24) is 14.5 Å². The van der Waals surface area contributed by atoms with Gasteiger partial charge in [0.25, 0.3) is 5.56 Å². The molecule has 1 unspecified atom stereocenters. The molecule has 2 aromatic heterocycles. The van der Waals surface area contributed by atoms with Crippen LogP contribution < -0.4 is 20.5 Å². The number of para-hydroxylation sites is 2. The summed E-state index contributed by atoms with van der Waals surface area (Å²) in [5.74, 6) is 0.302. The van der Waals surface area contributed by atoms with Crippen molar-refractivity contribution in [2.24, 2.45) is 5.73 Å². The number of nitriles is 1. The van der Waals surface area contributed by atoms with Gasteiger partial charge in [-0.2, -0.15) is 5.26 Å². The van der Waals surface area contributed by atoms with Gasteiger partial charge >= 0.3 is 0 Å². The maximum atomic E-state index is 13.6. The zero-order chi connectivity index (χ0) is 23.9. The van der Waals surface area contributed by atoms with Crippen molar-refractivity contribution in [2.45, 2.75) is 5.92 Å². The normalized spacial score (nSPS) is 15.9. The lowest BCUT2D eigenvalue weighted by Crippen LogP contribution is -2.38. The van der Waals surface area contributed by atoms with Crippen LogP contribution in [0, 0.1) is 11.3 Å². The van der Waals surface area contributed by atoms with Crippen LogP contribution in [0.4, 0.5) is 0 Å². The fourth-order valence-corrected chi connectivity index (χ4v) is 5.72. The molecule has 0 radical (unpaired) electrons. The largest absolute Gasteiger partial charge is 0.384 e. The van der Waals surface area contributed by atoms with Crippen molar-refractivity contribution in [3.05, 3.63) is 127 Å². The second-order valence-electron chi connectivity index (χ2n) is 8.24. The van der Waals surface area contributed by atoms with Crippen molar-refractivity contribution in [3.8, 4) is 6.07 Å². The van der Waals surface area contributed by atoms with Gasteiger partial charge in [0.05, 0.1) is 33.1 Å². The Morgan fingerprint density at radius 3 is 2.40 bits per heavy atom. The molecule has 7 heteroatoms. The van der Waals surface area contributed by atoms with Gasteiger partial charge < -0.3 is 10.7 Å². The molecule has 35 heavy (non-hydrogen) atoms. The zero-order valence-corrected chi connectivity index (χ0v) is 19.3. The van der Waals surface area contributed by atoms with E-state index in [1.54, 1.807) is 0 Å². The molecule has 0 bridgehead atoms. The third kappa shape index (κ3) is 3.39. The molecule has 6 nitrogen and oxygen atoms in total. The highest BCUT2D eigenvalue weighted by Gasteiger charge is 2.34. The fourth-order valence-electron chi connectivity index (χ4n) is 4.54. The third-order valence-electron chi connectivity index (χ3n) is 6.14. The van der Waals surface area contributed by atoms with Crippen LogP contribution in [-0.2, 0) is 0 Å². The van der Waals surface area contributed by atoms with E-state index in [0.29, 0.717) is 20.6 Å². The Morgan fingerprint density at radius 1 is 1.00 bits per heavy atom. The number of rotatable bonds is 3. The van der Waals surface area contributed by atoms with Gasteiger partial charge in [-0.25, -0.2) is 4.98 Å². The summed E-state index contributed by atoms with van der Waals surface area (Å²) in [4.78, 5) is 21.8. The summed E-state index contributed by atoms with van der Waals surface area (Å²) in [5.41, 5.74) is 10.9. The minimum atomic E-state index is -0.468. The molecule has 0 spiro atoms. The number of nitrogens with two attached hydrogens (primary N) is 1. The molecule has 3 N–H and O–H groups in total. The van der Waals surface area contributed by atoms with Crippen molar-refractivity contribution in [1.29, 1.82) is 5.26 Å². The molecule has 6 rings (SSSR count). The Hall–Kier alpha value is -4.67. The number of imidazole rings is 1. The number of allylic oxidation sites excluding steroid dienone is 1. The molecule has 1 aliphatic heterocycles. The highest BCUT2D eigenvalue weighted by molar-refractivity contribution is 7.07. The van der Waals surface area contributed by atoms with E-state index in [4.69, 9.17) is 10.7 Å². The maximum absolute atomic E-state index is 13.6. The molecule has 1 aliphatic rings. The summed E-state index contributed by atoms with van der Waals surface area (Å²) in [6.07, 6.45) is 1.85. The van der Waals surface area contributed by atoms with Gasteiger partial charge in [0.1, 0.15) is 16.3 Å². The van der Waals surface area contributed by atoms with Gasteiger partial charge in [-0.1, -0.05) is 72.8 Å². The highest BCUT2D eigenvalue weighted by Crippen LogP contribution is 2.38. The van der Waals surface area contributed by atoms with E-state index in [1.807, 2.05) is 91.0 Å². The Labute approximate surface area is 204 Å². The lowest BCUT2D eigenvalue weighted by Gasteiger charge is -2.24. The van der Waals surface area contributed by atoms with Crippen LogP contribution >= 0.6 is 11.3 Å². The number of aromatic nitrogens is 3. The van der Waals surface area contributed by atoms with E-state index >= 15 is 0 Å². The van der Waals surface area contributed by atoms with Crippen LogP contribution in [0.3, 0.4) is 0 Å². The summed E-state index contributed by atoms with van der Waals surface area (Å²) >= 11 is 1.36. The summed E-state index contributed by atoms with van der Waals surface area (Å²) in [6.45, 7) is 0. The molecule has 3 heterocycles. The summed E-state index contributed by atoms with van der Waals surface area (Å²) < 4.78 is 2.66. The molecule has 3 aromatic carbocycles. The summed E-state index contributed by atoms with van der Waals surface area (Å²) in [5, 5.41) is 10.2. The van der Waals surface area contributed by atoms with Crippen molar-refractivity contribution >= 4 is 39.8 Å². The lowest BCUT2D eigenvalue weighted by atomic mass is 9.83. The number of nitrogens with zero attached hydrogens (tertiary/aromatic N) is 3. The highest BCUT2D eigenvalue weighted by atomic mass is 32.1. The topological polar surface area (TPSA) is 100 Å². The SMILES string of the molecule is N#CC1=C(N)n2c(s/c(=C\c3ccccc3)c2=O)=C(c2nc3ccccc3[nH]2)C1c1ccccc1. The van der Waals surface area contributed by atoms with Gasteiger partial charge in [0.15, 0.2) is 0 Å². The predicted molar refractivity (Wildman–Crippen MR) is 139 cm³/mol. The first-order valence-corrected chi connectivity index (χ1v) is 11.9. The van der Waals surface area contributed by atoms with E-state index in [9.17, 15) is 10.1 Å². The molecule has 0 amide bonds. The lowest BCUT2D eigenvalue weighted by molar-refractivity contribution is 0.892. The van der Waals surface area contributed by atoms with Crippen molar-refractivity contribution in [2.75, 3.05) is 0 Å². The predicted octanol–water partition coefficient (Wildman–Crippen LogP) is 3.26. The monoisotopic (exact) mass is 473 g/mol. The molecule has 168 valence electrons. The zero-order valence-electron chi connectivity index (χ0n) is 18.5. The Balaban J connectivity index is 1.75. The second-order valence-corrected chi connectivity index (χ2v) is 9.27. The number of hydrogen-bond donors (Lipinski definition) is 2. The first kappa shape index (κ1) is 20.9. The van der Waals surface area contributed by atoms with E-state index in [2.05, 4.69) is 11.1 Å². The first-order valence-electron chi connectivity index (χ1n) is 11.1. The standard InChI is InChI=1S/C28H19N5OS/c29-16-19-23(18-11-5-2-6-12-18)24(26-31-20-13-7-8-14-21(20)32-26)28-33(25(19)30)27(34)22(35-28)15-17-9-3-1-4-10-17/h1-15,23H,30H2,(H,31,32)/b22-15-. The van der Waals surface area contributed by atoms with E-state index in [0.717, 1.165) is 27.7 Å². The minimum Gasteiger partial charge on any atom is -0.384 e. The number of H-pyrrole nitrogens is 1. The van der Waals surface area contributed by atoms with Crippen LogP contribution in [0.25, 0.3) is 28.5 Å². The number of thiazole rings is 1. The molecule has 0 aliphatic carbocycles. The Bertz CT molecular complexity index is 1800. The number of benzene rings is 3. The van der Waals surface area contributed by atoms with Crippen LogP contribution in [0.2, 0.25) is 0 Å². The van der Waals surface area contributed by atoms with Gasteiger partial charge in [-0.15, -0.1) is 11.3 Å². The molecule has 0 saturated heterocycles. The molecule has 0 saturated carbocycles. The third-order valence-corrected chi connectivity index (χ3v) is 7.25. The first-order chi connectivity index (χ1) is 17.2. The minimum absolute atomic E-state index is 0.158. The maximum Gasteiger partial charge on any atom is 0.274 e. The molecular formula is C28H19N5OS. The van der Waals surface area contributed by atoms with E-state index in [1.165, 1.54) is 15.9 Å². The van der Waals surface area contributed by atoms with Gasteiger partial charge in [0, 0.05) is 5.57 Å². The molecule has 1 atom stereocenters. The number of nitrogens with one attached hydrogen (secondary N) is 1. The fraction of sp³-hybridized carbons (Fsp3) is 0.0357. The second kappa shape index (κ2) is 8.28. The van der Waals surface area contributed by atoms with Gasteiger partial charge in [0.2, 0.25) is 0 Å². The summed E-state index contributed by atoms with van der Waals surface area (Å²) in [6, 6.07) is 29.5. The van der Waals surface area contributed by atoms with Crippen LogP contribution in [-0.4, -0.2) is 14.5 Å². The molecular weight excluding hydrogens is 454 g/mol. The average Bonchev–Trinajstić information content (AvgIpc) is 3.46. The van der Waals surface area contributed by atoms with Gasteiger partial charge in [-0.3, -0.25) is 9.36 Å². The smallest absolute Gasteiger partial charge is 0.274 e. The number of aromatic amines is 1. The van der Waals surface area contributed by atoms with Crippen LogP contribution in [0.5, 0.6) is 0 Å². The molecule has 0 fully saturated rings. The van der Waals surface area contributed by atoms with E-state index in [-0.39, 0.29) is 11.4 Å². The molecule has 5 aromatic rings. The quantitative estimate of drug-likeness (QED) is 0.420. The number of fused-ring (bicyclic) bond motifs is 2. The van der Waals surface area contributed by atoms with Crippen LogP contribution in [0.15, 0.2) is 95.3 Å². The Kier molecular flexibility index (Phi) is 4.94. The van der Waals surface area contributed by atoms with Crippen molar-refractivity contribution in [3.63, 3.8) is 0 Å².